The molecular weight excluding hydrogens is 238 g/mol. The molecule has 2 unspecified atom stereocenters. The number of nitrogens with zero attached hydrogens (tertiary/aromatic N) is 1. The van der Waals surface area contributed by atoms with E-state index in [0.29, 0.717) is 5.92 Å². The number of carbonyl (C=O) groups excluding carboxylic acids is 1. The Morgan fingerprint density at radius 2 is 2.05 bits per heavy atom. The quantitative estimate of drug-likeness (QED) is 0.791. The Kier molecular flexibility index (Phi) is 6.11. The highest BCUT2D eigenvalue weighted by atomic mass is 16.2. The van der Waals surface area contributed by atoms with Crippen LogP contribution >= 0.6 is 0 Å². The van der Waals surface area contributed by atoms with Crippen molar-refractivity contribution in [2.75, 3.05) is 32.7 Å². The van der Waals surface area contributed by atoms with E-state index in [9.17, 15) is 4.79 Å². The van der Waals surface area contributed by atoms with Gasteiger partial charge >= 0.3 is 0 Å². The van der Waals surface area contributed by atoms with Gasteiger partial charge in [0.15, 0.2) is 0 Å². The van der Waals surface area contributed by atoms with E-state index in [1.54, 1.807) is 0 Å². The van der Waals surface area contributed by atoms with Crippen LogP contribution in [0, 0.1) is 5.92 Å². The zero-order valence-corrected chi connectivity index (χ0v) is 12.3. The van der Waals surface area contributed by atoms with Gasteiger partial charge in [-0.05, 0) is 51.2 Å². The molecule has 2 fully saturated rings. The van der Waals surface area contributed by atoms with Gasteiger partial charge in [-0.15, -0.1) is 0 Å². The number of hydrogen-bond acceptors (Lipinski definition) is 3. The van der Waals surface area contributed by atoms with Crippen LogP contribution in [0.1, 0.15) is 45.4 Å². The molecule has 110 valence electrons. The molecule has 0 radical (unpaired) electrons. The van der Waals surface area contributed by atoms with Gasteiger partial charge in [0.05, 0.1) is 6.04 Å². The van der Waals surface area contributed by atoms with Crippen molar-refractivity contribution in [2.45, 2.75) is 51.5 Å². The van der Waals surface area contributed by atoms with Gasteiger partial charge in [0.2, 0.25) is 5.91 Å². The second-order valence-corrected chi connectivity index (χ2v) is 6.21. The van der Waals surface area contributed by atoms with Crippen LogP contribution in [0.2, 0.25) is 0 Å². The summed E-state index contributed by atoms with van der Waals surface area (Å²) in [6.45, 7) is 7.64. The predicted octanol–water partition coefficient (Wildman–Crippen LogP) is 1.37. The van der Waals surface area contributed by atoms with Crippen molar-refractivity contribution < 1.29 is 4.79 Å². The van der Waals surface area contributed by atoms with Gasteiger partial charge in [-0.2, -0.15) is 0 Å². The third kappa shape index (κ3) is 5.11. The Morgan fingerprint density at radius 3 is 2.74 bits per heavy atom. The van der Waals surface area contributed by atoms with Gasteiger partial charge in [0.1, 0.15) is 0 Å². The van der Waals surface area contributed by atoms with E-state index >= 15 is 0 Å². The van der Waals surface area contributed by atoms with Gasteiger partial charge in [-0.1, -0.05) is 19.8 Å². The third-order valence-corrected chi connectivity index (χ3v) is 4.27. The lowest BCUT2D eigenvalue weighted by Crippen LogP contribution is -2.48. The SMILES string of the molecule is CC(CNC(=O)C1CCCCN1)CN1CCCCC1. The normalized spacial score (nSPS) is 26.9. The lowest BCUT2D eigenvalue weighted by molar-refractivity contribution is -0.123. The number of carbonyl (C=O) groups is 1. The Bertz CT molecular complexity index is 271. The highest BCUT2D eigenvalue weighted by molar-refractivity contribution is 5.81. The van der Waals surface area contributed by atoms with Crippen LogP contribution in [0.25, 0.3) is 0 Å². The molecule has 0 saturated carbocycles. The molecule has 1 amide bonds. The monoisotopic (exact) mass is 267 g/mol. The summed E-state index contributed by atoms with van der Waals surface area (Å²) in [5.74, 6) is 0.746. The number of nitrogens with one attached hydrogen (secondary N) is 2. The van der Waals surface area contributed by atoms with E-state index in [2.05, 4.69) is 22.5 Å². The third-order valence-electron chi connectivity index (χ3n) is 4.27. The molecule has 4 heteroatoms. The fraction of sp³-hybridized carbons (Fsp3) is 0.933. The summed E-state index contributed by atoms with van der Waals surface area (Å²) in [5.41, 5.74) is 0. The molecule has 0 bridgehead atoms. The fourth-order valence-corrected chi connectivity index (χ4v) is 3.12. The average molecular weight is 267 g/mol. The largest absolute Gasteiger partial charge is 0.354 e. The Hall–Kier alpha value is -0.610. The van der Waals surface area contributed by atoms with Crippen LogP contribution in [0.3, 0.4) is 0 Å². The molecule has 0 aromatic carbocycles. The number of rotatable bonds is 5. The maximum absolute atomic E-state index is 12.0. The molecule has 2 atom stereocenters. The summed E-state index contributed by atoms with van der Waals surface area (Å²) in [5, 5.41) is 6.42. The lowest BCUT2D eigenvalue weighted by Gasteiger charge is -2.29. The Morgan fingerprint density at radius 1 is 1.26 bits per heavy atom. The summed E-state index contributed by atoms with van der Waals surface area (Å²) in [6.07, 6.45) is 7.43. The first kappa shape index (κ1) is 14.8. The molecule has 0 aromatic heterocycles. The molecule has 0 aromatic rings. The minimum absolute atomic E-state index is 0.0518. The van der Waals surface area contributed by atoms with Gasteiger partial charge in [-0.3, -0.25) is 4.79 Å². The summed E-state index contributed by atoms with van der Waals surface area (Å²) < 4.78 is 0. The molecule has 2 aliphatic heterocycles. The van der Waals surface area contributed by atoms with Crippen LogP contribution in [0.15, 0.2) is 0 Å². The van der Waals surface area contributed by atoms with Crippen molar-refractivity contribution in [1.82, 2.24) is 15.5 Å². The topological polar surface area (TPSA) is 44.4 Å². The standard InChI is InChI=1S/C15H29N3O/c1-13(12-18-9-5-2-6-10-18)11-17-15(19)14-7-3-4-8-16-14/h13-14,16H,2-12H2,1H3,(H,17,19). The smallest absolute Gasteiger partial charge is 0.237 e. The first-order valence-electron chi connectivity index (χ1n) is 7.99. The van der Waals surface area contributed by atoms with Crippen LogP contribution in [0.4, 0.5) is 0 Å². The first-order valence-corrected chi connectivity index (χ1v) is 7.99. The lowest BCUT2D eigenvalue weighted by atomic mass is 10.0. The maximum atomic E-state index is 12.0. The second-order valence-electron chi connectivity index (χ2n) is 6.21. The maximum Gasteiger partial charge on any atom is 0.237 e. The van der Waals surface area contributed by atoms with Crippen molar-refractivity contribution in [2.24, 2.45) is 5.92 Å². The number of hydrogen-bond donors (Lipinski definition) is 2. The van der Waals surface area contributed by atoms with E-state index in [1.165, 1.54) is 45.2 Å². The van der Waals surface area contributed by atoms with E-state index < -0.39 is 0 Å². The van der Waals surface area contributed by atoms with Crippen molar-refractivity contribution in [3.63, 3.8) is 0 Å². The zero-order valence-electron chi connectivity index (χ0n) is 12.3. The summed E-state index contributed by atoms with van der Waals surface area (Å²) in [6, 6.07) is 0.0518. The van der Waals surface area contributed by atoms with Gasteiger partial charge < -0.3 is 15.5 Å². The highest BCUT2D eigenvalue weighted by Gasteiger charge is 2.21. The Balaban J connectivity index is 1.61. The molecule has 0 spiro atoms. The molecule has 4 nitrogen and oxygen atoms in total. The second kappa shape index (κ2) is 7.85. The van der Waals surface area contributed by atoms with Gasteiger partial charge in [-0.25, -0.2) is 0 Å². The zero-order chi connectivity index (χ0) is 13.5. The van der Waals surface area contributed by atoms with E-state index in [4.69, 9.17) is 0 Å². The summed E-state index contributed by atoms with van der Waals surface area (Å²) in [4.78, 5) is 14.5. The first-order chi connectivity index (χ1) is 9.25. The van der Waals surface area contributed by atoms with Crippen LogP contribution in [-0.2, 0) is 4.79 Å². The summed E-state index contributed by atoms with van der Waals surface area (Å²) in [7, 11) is 0. The van der Waals surface area contributed by atoms with Crippen LogP contribution < -0.4 is 10.6 Å². The number of piperidine rings is 2. The molecule has 19 heavy (non-hydrogen) atoms. The molecule has 0 aliphatic carbocycles. The molecule has 2 heterocycles. The van der Waals surface area contributed by atoms with Crippen molar-refractivity contribution in [1.29, 1.82) is 0 Å². The highest BCUT2D eigenvalue weighted by Crippen LogP contribution is 2.11. The average Bonchev–Trinajstić information content (AvgIpc) is 2.47. The summed E-state index contributed by atoms with van der Waals surface area (Å²) >= 11 is 0. The number of likely N-dealkylation sites (tertiary alicyclic amines) is 1. The van der Waals surface area contributed by atoms with Gasteiger partial charge in [0.25, 0.3) is 0 Å². The fourth-order valence-electron chi connectivity index (χ4n) is 3.12. The van der Waals surface area contributed by atoms with Crippen LogP contribution in [0.5, 0.6) is 0 Å². The van der Waals surface area contributed by atoms with E-state index in [-0.39, 0.29) is 11.9 Å². The minimum Gasteiger partial charge on any atom is -0.354 e. The van der Waals surface area contributed by atoms with Gasteiger partial charge in [0, 0.05) is 13.1 Å². The molecule has 2 rings (SSSR count). The molecule has 2 N–H and O–H groups in total. The van der Waals surface area contributed by atoms with Crippen molar-refractivity contribution >= 4 is 5.91 Å². The number of amides is 1. The predicted molar refractivity (Wildman–Crippen MR) is 78.1 cm³/mol. The van der Waals surface area contributed by atoms with Crippen molar-refractivity contribution in [3.8, 4) is 0 Å². The molecular formula is C15H29N3O. The van der Waals surface area contributed by atoms with E-state index in [0.717, 1.165) is 26.1 Å². The van der Waals surface area contributed by atoms with Crippen molar-refractivity contribution in [3.05, 3.63) is 0 Å². The van der Waals surface area contributed by atoms with Crippen LogP contribution in [-0.4, -0.2) is 49.6 Å². The van der Waals surface area contributed by atoms with E-state index in [1.807, 2.05) is 0 Å². The minimum atomic E-state index is 0.0518. The Labute approximate surface area is 117 Å². The molecule has 2 aliphatic rings. The molecule has 2 saturated heterocycles.